The molecule has 1 aromatic heterocycles. The van der Waals surface area contributed by atoms with Crippen LogP contribution in [0, 0.1) is 6.92 Å². The fraction of sp³-hybridized carbons (Fsp3) is 0.400. The zero-order chi connectivity index (χ0) is 10.4. The average Bonchev–Trinajstić information content (AvgIpc) is 2.17. The Hall–Kier alpha value is -1.03. The summed E-state index contributed by atoms with van der Waals surface area (Å²) in [4.78, 5) is 8.57. The fourth-order valence-corrected chi connectivity index (χ4v) is 1.42. The second-order valence-corrected chi connectivity index (χ2v) is 3.49. The Morgan fingerprint density at radius 2 is 2.29 bits per heavy atom. The summed E-state index contributed by atoms with van der Waals surface area (Å²) in [6.07, 6.45) is 5.40. The Morgan fingerprint density at radius 1 is 1.50 bits per heavy atom. The van der Waals surface area contributed by atoms with E-state index in [1.54, 1.807) is 24.1 Å². The molecule has 76 valence electrons. The predicted molar refractivity (Wildman–Crippen MR) is 59.2 cm³/mol. The van der Waals surface area contributed by atoms with Gasteiger partial charge in [-0.3, -0.25) is 0 Å². The maximum absolute atomic E-state index is 5.08. The summed E-state index contributed by atoms with van der Waals surface area (Å²) in [5, 5.41) is 0.980. The van der Waals surface area contributed by atoms with E-state index in [1.165, 1.54) is 0 Å². The van der Waals surface area contributed by atoms with Gasteiger partial charge in [-0.05, 0) is 26.2 Å². The van der Waals surface area contributed by atoms with Gasteiger partial charge in [-0.15, -0.1) is 11.8 Å². The quantitative estimate of drug-likeness (QED) is 0.434. The first-order chi connectivity index (χ1) is 6.76. The van der Waals surface area contributed by atoms with E-state index in [0.29, 0.717) is 12.4 Å². The SMILES string of the molecule is CCOC=Cc1nc(C)cc(SC)n1. The Labute approximate surface area is 88.6 Å². The molecule has 0 atom stereocenters. The molecule has 0 bridgehead atoms. The third-order valence-corrected chi connectivity index (χ3v) is 2.16. The number of ether oxygens (including phenoxy) is 1. The first-order valence-electron chi connectivity index (χ1n) is 4.44. The van der Waals surface area contributed by atoms with Gasteiger partial charge in [0.15, 0.2) is 5.82 Å². The van der Waals surface area contributed by atoms with Crippen molar-refractivity contribution in [1.82, 2.24) is 9.97 Å². The lowest BCUT2D eigenvalue weighted by molar-refractivity contribution is 0.272. The second-order valence-electron chi connectivity index (χ2n) is 2.67. The van der Waals surface area contributed by atoms with E-state index in [4.69, 9.17) is 4.74 Å². The monoisotopic (exact) mass is 210 g/mol. The number of hydrogen-bond donors (Lipinski definition) is 0. The van der Waals surface area contributed by atoms with Crippen molar-refractivity contribution in [2.45, 2.75) is 18.9 Å². The molecule has 0 spiro atoms. The highest BCUT2D eigenvalue weighted by atomic mass is 32.2. The Bertz CT molecular complexity index is 326. The van der Waals surface area contributed by atoms with Crippen molar-refractivity contribution in [3.63, 3.8) is 0 Å². The summed E-state index contributed by atoms with van der Waals surface area (Å²) in [7, 11) is 0. The summed E-state index contributed by atoms with van der Waals surface area (Å²) >= 11 is 1.61. The molecule has 4 heteroatoms. The summed E-state index contributed by atoms with van der Waals surface area (Å²) in [6.45, 7) is 4.56. The molecule has 0 aliphatic rings. The van der Waals surface area contributed by atoms with Crippen molar-refractivity contribution in [3.05, 3.63) is 23.8 Å². The van der Waals surface area contributed by atoms with E-state index in [9.17, 15) is 0 Å². The van der Waals surface area contributed by atoms with Crippen LogP contribution in [0.25, 0.3) is 6.08 Å². The third kappa shape index (κ3) is 3.38. The molecule has 0 unspecified atom stereocenters. The van der Waals surface area contributed by atoms with E-state index in [2.05, 4.69) is 9.97 Å². The van der Waals surface area contributed by atoms with Crippen LogP contribution in [0.3, 0.4) is 0 Å². The van der Waals surface area contributed by atoms with Crippen LogP contribution in [0.1, 0.15) is 18.4 Å². The first kappa shape index (κ1) is 11.0. The van der Waals surface area contributed by atoms with Crippen LogP contribution >= 0.6 is 11.8 Å². The number of rotatable bonds is 4. The molecule has 3 nitrogen and oxygen atoms in total. The maximum atomic E-state index is 5.08. The molecule has 0 radical (unpaired) electrons. The van der Waals surface area contributed by atoms with Crippen molar-refractivity contribution < 1.29 is 4.74 Å². The van der Waals surface area contributed by atoms with E-state index in [-0.39, 0.29) is 0 Å². The fourth-order valence-electron chi connectivity index (χ4n) is 0.946. The largest absolute Gasteiger partial charge is 0.501 e. The van der Waals surface area contributed by atoms with Crippen molar-refractivity contribution in [1.29, 1.82) is 0 Å². The van der Waals surface area contributed by atoms with Gasteiger partial charge in [-0.1, -0.05) is 0 Å². The Kier molecular flexibility index (Phi) is 4.46. The van der Waals surface area contributed by atoms with Gasteiger partial charge >= 0.3 is 0 Å². The van der Waals surface area contributed by atoms with E-state index in [0.717, 1.165) is 10.7 Å². The van der Waals surface area contributed by atoms with Gasteiger partial charge in [0.2, 0.25) is 0 Å². The lowest BCUT2D eigenvalue weighted by Crippen LogP contribution is -1.92. The second kappa shape index (κ2) is 5.65. The third-order valence-electron chi connectivity index (χ3n) is 1.54. The molecule has 1 rings (SSSR count). The van der Waals surface area contributed by atoms with Gasteiger partial charge in [0.25, 0.3) is 0 Å². The van der Waals surface area contributed by atoms with Crippen LogP contribution < -0.4 is 0 Å². The number of nitrogens with zero attached hydrogens (tertiary/aromatic N) is 2. The van der Waals surface area contributed by atoms with Crippen molar-refractivity contribution >= 4 is 17.8 Å². The number of thioether (sulfide) groups is 1. The highest BCUT2D eigenvalue weighted by Crippen LogP contribution is 2.12. The smallest absolute Gasteiger partial charge is 0.156 e. The molecule has 1 heterocycles. The molecule has 0 amide bonds. The van der Waals surface area contributed by atoms with Gasteiger partial charge in [0, 0.05) is 11.8 Å². The summed E-state index contributed by atoms with van der Waals surface area (Å²) in [5.41, 5.74) is 0.973. The van der Waals surface area contributed by atoms with Crippen LogP contribution in [0.15, 0.2) is 17.4 Å². The zero-order valence-corrected chi connectivity index (χ0v) is 9.47. The number of hydrogen-bond acceptors (Lipinski definition) is 4. The number of aromatic nitrogens is 2. The van der Waals surface area contributed by atoms with Crippen LogP contribution in [-0.2, 0) is 4.74 Å². The van der Waals surface area contributed by atoms with Gasteiger partial charge in [-0.25, -0.2) is 9.97 Å². The average molecular weight is 210 g/mol. The van der Waals surface area contributed by atoms with Crippen LogP contribution in [0.5, 0.6) is 0 Å². The normalized spacial score (nSPS) is 10.8. The molecule has 0 aliphatic carbocycles. The highest BCUT2D eigenvalue weighted by Gasteiger charge is 1.97. The molecule has 0 saturated carbocycles. The minimum atomic E-state index is 0.664. The molecule has 0 aromatic carbocycles. The molecule has 0 aliphatic heterocycles. The van der Waals surface area contributed by atoms with Crippen LogP contribution in [-0.4, -0.2) is 22.8 Å². The topological polar surface area (TPSA) is 35.0 Å². The number of aryl methyl sites for hydroxylation is 1. The molecule has 0 fully saturated rings. The summed E-state index contributed by atoms with van der Waals surface area (Å²) in [6, 6.07) is 1.96. The van der Waals surface area contributed by atoms with Gasteiger partial charge in [-0.2, -0.15) is 0 Å². The van der Waals surface area contributed by atoms with Gasteiger partial charge in [0.05, 0.1) is 12.9 Å². The van der Waals surface area contributed by atoms with E-state index in [1.807, 2.05) is 26.2 Å². The zero-order valence-electron chi connectivity index (χ0n) is 8.65. The van der Waals surface area contributed by atoms with Crippen molar-refractivity contribution in [3.8, 4) is 0 Å². The van der Waals surface area contributed by atoms with Gasteiger partial charge in [0.1, 0.15) is 5.03 Å². The minimum absolute atomic E-state index is 0.664. The van der Waals surface area contributed by atoms with Crippen molar-refractivity contribution in [2.75, 3.05) is 12.9 Å². The first-order valence-corrected chi connectivity index (χ1v) is 5.66. The predicted octanol–water partition coefficient (Wildman–Crippen LogP) is 2.51. The van der Waals surface area contributed by atoms with E-state index >= 15 is 0 Å². The lowest BCUT2D eigenvalue weighted by atomic mass is 10.4. The summed E-state index contributed by atoms with van der Waals surface area (Å²) < 4.78 is 5.08. The Balaban J connectivity index is 2.81. The van der Waals surface area contributed by atoms with Gasteiger partial charge < -0.3 is 4.74 Å². The standard InChI is InChI=1S/C10H14N2OS/c1-4-13-6-5-9-11-8(2)7-10(12-9)14-3/h5-7H,4H2,1-3H3. The lowest BCUT2D eigenvalue weighted by Gasteiger charge is -1.99. The highest BCUT2D eigenvalue weighted by molar-refractivity contribution is 7.98. The molecule has 0 N–H and O–H groups in total. The minimum Gasteiger partial charge on any atom is -0.501 e. The Morgan fingerprint density at radius 3 is 2.93 bits per heavy atom. The molecule has 1 aromatic rings. The molecule has 14 heavy (non-hydrogen) atoms. The van der Waals surface area contributed by atoms with E-state index < -0.39 is 0 Å². The summed E-state index contributed by atoms with van der Waals surface area (Å²) in [5.74, 6) is 0.697. The van der Waals surface area contributed by atoms with Crippen LogP contribution in [0.2, 0.25) is 0 Å². The maximum Gasteiger partial charge on any atom is 0.156 e. The molecular weight excluding hydrogens is 196 g/mol. The van der Waals surface area contributed by atoms with Crippen molar-refractivity contribution in [2.24, 2.45) is 0 Å². The van der Waals surface area contributed by atoms with Crippen LogP contribution in [0.4, 0.5) is 0 Å². The molecular formula is C10H14N2OS. The molecule has 0 saturated heterocycles.